The number of aryl methyl sites for hydroxylation is 2. The van der Waals surface area contributed by atoms with E-state index in [0.29, 0.717) is 17.4 Å². The zero-order valence-corrected chi connectivity index (χ0v) is 13.3. The third-order valence-electron chi connectivity index (χ3n) is 3.19. The van der Waals surface area contributed by atoms with E-state index >= 15 is 0 Å². The van der Waals surface area contributed by atoms with E-state index in [2.05, 4.69) is 10.2 Å². The van der Waals surface area contributed by atoms with Crippen LogP contribution in [0.4, 0.5) is 0 Å². The van der Waals surface area contributed by atoms with Gasteiger partial charge in [-0.2, -0.15) is 0 Å². The fraction of sp³-hybridized carbons (Fsp3) is 0.235. The van der Waals surface area contributed by atoms with E-state index in [1.807, 2.05) is 38.1 Å². The molecule has 0 N–H and O–H groups in total. The van der Waals surface area contributed by atoms with Crippen molar-refractivity contribution >= 4 is 5.97 Å². The van der Waals surface area contributed by atoms with E-state index in [0.717, 1.165) is 11.3 Å². The summed E-state index contributed by atoms with van der Waals surface area (Å²) in [5, 5.41) is 7.79. The second-order valence-electron chi connectivity index (χ2n) is 5.09. The summed E-state index contributed by atoms with van der Waals surface area (Å²) in [6, 6.07) is 10.8. The molecule has 1 aromatic carbocycles. The lowest BCUT2D eigenvalue weighted by atomic mass is 10.2. The Hall–Kier alpha value is -3.09. The van der Waals surface area contributed by atoms with Crippen molar-refractivity contribution in [3.63, 3.8) is 0 Å². The molecular weight excluding hydrogens is 312 g/mol. The molecule has 2 heterocycles. The standard InChI is InChI=1S/C17H16N2O5/c1-11-8-14(12(2)23-11)17-19-18-15(24-17)9-22-16(20)10-21-13-6-4-3-5-7-13/h3-8H,9-10H2,1-2H3. The Morgan fingerprint density at radius 1 is 1.12 bits per heavy atom. The first-order valence-electron chi connectivity index (χ1n) is 7.35. The molecule has 3 rings (SSSR count). The Bertz CT molecular complexity index is 823. The molecule has 0 fully saturated rings. The number of nitrogens with zero attached hydrogens (tertiary/aromatic N) is 2. The van der Waals surface area contributed by atoms with Gasteiger partial charge in [-0.25, -0.2) is 4.79 Å². The third kappa shape index (κ3) is 3.81. The van der Waals surface area contributed by atoms with E-state index in [1.54, 1.807) is 12.1 Å². The minimum atomic E-state index is -0.520. The third-order valence-corrected chi connectivity index (χ3v) is 3.19. The fourth-order valence-electron chi connectivity index (χ4n) is 2.11. The van der Waals surface area contributed by atoms with Crippen LogP contribution in [0, 0.1) is 13.8 Å². The highest BCUT2D eigenvalue weighted by atomic mass is 16.6. The highest BCUT2D eigenvalue weighted by Gasteiger charge is 2.15. The zero-order chi connectivity index (χ0) is 16.9. The van der Waals surface area contributed by atoms with Crippen molar-refractivity contribution in [1.29, 1.82) is 0 Å². The molecule has 0 aliphatic carbocycles. The summed E-state index contributed by atoms with van der Waals surface area (Å²) in [6.45, 7) is 3.35. The van der Waals surface area contributed by atoms with Gasteiger partial charge < -0.3 is 18.3 Å². The van der Waals surface area contributed by atoms with Gasteiger partial charge in [-0.3, -0.25) is 0 Å². The molecule has 0 radical (unpaired) electrons. The number of hydrogen-bond acceptors (Lipinski definition) is 7. The summed E-state index contributed by atoms with van der Waals surface area (Å²) in [7, 11) is 0. The summed E-state index contributed by atoms with van der Waals surface area (Å²) in [4.78, 5) is 11.7. The van der Waals surface area contributed by atoms with E-state index in [4.69, 9.17) is 18.3 Å². The number of carbonyl (C=O) groups excluding carboxylic acids is 1. The summed E-state index contributed by atoms with van der Waals surface area (Å²) < 4.78 is 21.2. The lowest BCUT2D eigenvalue weighted by molar-refractivity contribution is -0.148. The van der Waals surface area contributed by atoms with E-state index in [-0.39, 0.29) is 19.1 Å². The quantitative estimate of drug-likeness (QED) is 0.642. The monoisotopic (exact) mass is 328 g/mol. The van der Waals surface area contributed by atoms with E-state index < -0.39 is 5.97 Å². The van der Waals surface area contributed by atoms with Crippen molar-refractivity contribution in [3.05, 3.63) is 53.8 Å². The summed E-state index contributed by atoms with van der Waals surface area (Å²) in [5.41, 5.74) is 0.727. The molecule has 0 aliphatic rings. The topological polar surface area (TPSA) is 87.6 Å². The van der Waals surface area contributed by atoms with Gasteiger partial charge in [-0.15, -0.1) is 10.2 Å². The predicted molar refractivity (Wildman–Crippen MR) is 83.2 cm³/mol. The van der Waals surface area contributed by atoms with Crippen LogP contribution in [0.1, 0.15) is 17.4 Å². The molecule has 24 heavy (non-hydrogen) atoms. The second-order valence-corrected chi connectivity index (χ2v) is 5.09. The first kappa shape index (κ1) is 15.8. The molecule has 7 heteroatoms. The van der Waals surface area contributed by atoms with Crippen molar-refractivity contribution in [2.24, 2.45) is 0 Å². The van der Waals surface area contributed by atoms with Gasteiger partial charge in [0.2, 0.25) is 0 Å². The molecule has 3 aromatic rings. The number of furan rings is 1. The summed E-state index contributed by atoms with van der Waals surface area (Å²) in [5.74, 6) is 2.06. The Kier molecular flexibility index (Phi) is 4.60. The molecule has 2 aromatic heterocycles. The highest BCUT2D eigenvalue weighted by molar-refractivity contribution is 5.71. The van der Waals surface area contributed by atoms with E-state index in [9.17, 15) is 4.79 Å². The minimum absolute atomic E-state index is 0.111. The highest BCUT2D eigenvalue weighted by Crippen LogP contribution is 2.25. The SMILES string of the molecule is Cc1cc(-c2nnc(COC(=O)COc3ccccc3)o2)c(C)o1. The molecule has 0 spiro atoms. The number of ether oxygens (including phenoxy) is 2. The van der Waals surface area contributed by atoms with Crippen LogP contribution in [0.25, 0.3) is 11.5 Å². The van der Waals surface area contributed by atoms with Crippen molar-refractivity contribution < 1.29 is 23.1 Å². The largest absolute Gasteiger partial charge is 0.482 e. The van der Waals surface area contributed by atoms with Crippen LogP contribution in [0.2, 0.25) is 0 Å². The first-order valence-corrected chi connectivity index (χ1v) is 7.35. The molecule has 0 saturated carbocycles. The smallest absolute Gasteiger partial charge is 0.344 e. The van der Waals surface area contributed by atoms with Gasteiger partial charge in [0.25, 0.3) is 11.8 Å². The molecule has 0 bridgehead atoms. The average molecular weight is 328 g/mol. The van der Waals surface area contributed by atoms with Crippen molar-refractivity contribution in [1.82, 2.24) is 10.2 Å². The molecule has 0 unspecified atom stereocenters. The number of hydrogen-bond donors (Lipinski definition) is 0. The Balaban J connectivity index is 1.52. The minimum Gasteiger partial charge on any atom is -0.482 e. The number of carbonyl (C=O) groups is 1. The van der Waals surface area contributed by atoms with Gasteiger partial charge >= 0.3 is 5.97 Å². The number of benzene rings is 1. The van der Waals surface area contributed by atoms with Crippen molar-refractivity contribution in [3.8, 4) is 17.2 Å². The van der Waals surface area contributed by atoms with Crippen molar-refractivity contribution in [2.45, 2.75) is 20.5 Å². The van der Waals surface area contributed by atoms with Gasteiger partial charge in [0.05, 0.1) is 5.56 Å². The van der Waals surface area contributed by atoms with Crippen LogP contribution in [0.3, 0.4) is 0 Å². The molecular formula is C17H16N2O5. The maximum absolute atomic E-state index is 11.7. The Morgan fingerprint density at radius 3 is 2.62 bits per heavy atom. The maximum Gasteiger partial charge on any atom is 0.344 e. The van der Waals surface area contributed by atoms with Crippen LogP contribution in [0.15, 0.2) is 45.2 Å². The number of rotatable bonds is 6. The summed E-state index contributed by atoms with van der Waals surface area (Å²) in [6.07, 6.45) is 0. The molecule has 0 atom stereocenters. The molecule has 0 saturated heterocycles. The zero-order valence-electron chi connectivity index (χ0n) is 13.3. The van der Waals surface area contributed by atoms with Gasteiger partial charge in [0.1, 0.15) is 17.3 Å². The average Bonchev–Trinajstić information content (AvgIpc) is 3.18. The number of aromatic nitrogens is 2. The molecule has 0 amide bonds. The summed E-state index contributed by atoms with van der Waals surface area (Å²) >= 11 is 0. The molecule has 124 valence electrons. The molecule has 7 nitrogen and oxygen atoms in total. The van der Waals surface area contributed by atoms with Crippen LogP contribution < -0.4 is 4.74 Å². The van der Waals surface area contributed by atoms with Crippen LogP contribution >= 0.6 is 0 Å². The second kappa shape index (κ2) is 6.99. The van der Waals surface area contributed by atoms with Crippen LogP contribution in [-0.4, -0.2) is 22.8 Å². The van der Waals surface area contributed by atoms with Gasteiger partial charge in [0, 0.05) is 0 Å². The van der Waals surface area contributed by atoms with Crippen molar-refractivity contribution in [2.75, 3.05) is 6.61 Å². The maximum atomic E-state index is 11.7. The Morgan fingerprint density at radius 2 is 1.92 bits per heavy atom. The predicted octanol–water partition coefficient (Wildman–Crippen LogP) is 3.07. The van der Waals surface area contributed by atoms with E-state index in [1.165, 1.54) is 0 Å². The number of esters is 1. The molecule has 0 aliphatic heterocycles. The van der Waals surface area contributed by atoms with Crippen LogP contribution in [0.5, 0.6) is 5.75 Å². The number of para-hydroxylation sites is 1. The fourth-order valence-corrected chi connectivity index (χ4v) is 2.11. The normalized spacial score (nSPS) is 10.6. The van der Waals surface area contributed by atoms with Gasteiger partial charge in [-0.05, 0) is 32.0 Å². The van der Waals surface area contributed by atoms with Crippen LogP contribution in [-0.2, 0) is 16.1 Å². The first-order chi connectivity index (χ1) is 11.6. The lowest BCUT2D eigenvalue weighted by Crippen LogP contribution is -2.14. The van der Waals surface area contributed by atoms with Gasteiger partial charge in [-0.1, -0.05) is 18.2 Å². The lowest BCUT2D eigenvalue weighted by Gasteiger charge is -2.05. The Labute approximate surface area is 138 Å². The van der Waals surface area contributed by atoms with Gasteiger partial charge in [0.15, 0.2) is 13.2 Å².